The summed E-state index contributed by atoms with van der Waals surface area (Å²) in [7, 11) is 0. The Morgan fingerprint density at radius 1 is 1.33 bits per heavy atom. The molecule has 1 atom stereocenters. The van der Waals surface area contributed by atoms with Gasteiger partial charge >= 0.3 is 0 Å². The number of thiocarbonyl (C=S) groups is 1. The third-order valence-electron chi connectivity index (χ3n) is 3.38. The van der Waals surface area contributed by atoms with Crippen LogP contribution in [-0.4, -0.2) is 37.1 Å². The van der Waals surface area contributed by atoms with Crippen molar-refractivity contribution in [3.63, 3.8) is 0 Å². The van der Waals surface area contributed by atoms with E-state index in [4.69, 9.17) is 26.4 Å². The minimum atomic E-state index is -0.279. The fourth-order valence-electron chi connectivity index (χ4n) is 2.27. The monoisotopic (exact) mass is 308 g/mol. The Hall–Kier alpha value is -1.86. The van der Waals surface area contributed by atoms with E-state index in [9.17, 15) is 4.79 Å². The van der Waals surface area contributed by atoms with Gasteiger partial charge in [0.25, 0.3) is 5.91 Å². The van der Waals surface area contributed by atoms with Gasteiger partial charge in [-0.15, -0.1) is 0 Å². The number of hydrogen-bond acceptors (Lipinski definition) is 5. The van der Waals surface area contributed by atoms with E-state index in [1.165, 1.54) is 0 Å². The summed E-state index contributed by atoms with van der Waals surface area (Å²) in [6.07, 6.45) is 2.26. The molecule has 3 rings (SSSR count). The molecule has 6 nitrogen and oxygen atoms in total. The smallest absolute Gasteiger partial charge is 0.257 e. The van der Waals surface area contributed by atoms with Crippen LogP contribution in [0.15, 0.2) is 18.2 Å². The fraction of sp³-hybridized carbons (Fsp3) is 0.429. The number of amides is 1. The molecule has 2 aliphatic rings. The first-order valence-electron chi connectivity index (χ1n) is 6.83. The summed E-state index contributed by atoms with van der Waals surface area (Å²) >= 11 is 5.11. The van der Waals surface area contributed by atoms with Gasteiger partial charge in [0.15, 0.2) is 16.6 Å². The van der Waals surface area contributed by atoms with Gasteiger partial charge in [0.2, 0.25) is 6.79 Å². The molecule has 0 spiro atoms. The molecule has 0 radical (unpaired) electrons. The van der Waals surface area contributed by atoms with E-state index in [0.717, 1.165) is 19.4 Å². The maximum atomic E-state index is 12.1. The summed E-state index contributed by atoms with van der Waals surface area (Å²) < 4.78 is 15.9. The Kier molecular flexibility index (Phi) is 4.21. The topological polar surface area (TPSA) is 68.8 Å². The minimum Gasteiger partial charge on any atom is -0.454 e. The highest BCUT2D eigenvalue weighted by atomic mass is 32.1. The SMILES string of the molecule is O=C(NC(=S)NCC1CCCO1)c1ccc2c(c1)OCO2. The van der Waals surface area contributed by atoms with Crippen LogP contribution in [0.25, 0.3) is 0 Å². The van der Waals surface area contributed by atoms with Crippen LogP contribution in [0.5, 0.6) is 11.5 Å². The van der Waals surface area contributed by atoms with E-state index >= 15 is 0 Å². The van der Waals surface area contributed by atoms with Crippen molar-refractivity contribution in [3.05, 3.63) is 23.8 Å². The van der Waals surface area contributed by atoms with Crippen molar-refractivity contribution in [1.29, 1.82) is 0 Å². The van der Waals surface area contributed by atoms with E-state index in [1.54, 1.807) is 18.2 Å². The van der Waals surface area contributed by atoms with Crippen molar-refractivity contribution in [3.8, 4) is 11.5 Å². The number of rotatable bonds is 3. The Morgan fingerprint density at radius 3 is 3.00 bits per heavy atom. The number of nitrogens with one attached hydrogen (secondary N) is 2. The first-order valence-corrected chi connectivity index (χ1v) is 7.23. The molecule has 1 aromatic carbocycles. The molecule has 1 saturated heterocycles. The molecule has 0 aliphatic carbocycles. The van der Waals surface area contributed by atoms with Gasteiger partial charge in [0.1, 0.15) is 0 Å². The van der Waals surface area contributed by atoms with Gasteiger partial charge < -0.3 is 19.5 Å². The third kappa shape index (κ3) is 3.43. The van der Waals surface area contributed by atoms with Gasteiger partial charge in [0, 0.05) is 18.7 Å². The Balaban J connectivity index is 1.52. The van der Waals surface area contributed by atoms with E-state index in [0.29, 0.717) is 28.7 Å². The van der Waals surface area contributed by atoms with Gasteiger partial charge in [-0.1, -0.05) is 0 Å². The summed E-state index contributed by atoms with van der Waals surface area (Å²) in [6, 6.07) is 5.02. The second-order valence-electron chi connectivity index (χ2n) is 4.87. The van der Waals surface area contributed by atoms with Gasteiger partial charge in [-0.25, -0.2) is 0 Å². The molecule has 1 aromatic rings. The summed E-state index contributed by atoms with van der Waals surface area (Å²) in [4.78, 5) is 12.1. The molecule has 0 aromatic heterocycles. The van der Waals surface area contributed by atoms with E-state index in [2.05, 4.69) is 10.6 Å². The Labute approximate surface area is 127 Å². The van der Waals surface area contributed by atoms with Crippen LogP contribution >= 0.6 is 12.2 Å². The lowest BCUT2D eigenvalue weighted by Gasteiger charge is -2.13. The largest absolute Gasteiger partial charge is 0.454 e. The quantitative estimate of drug-likeness (QED) is 0.818. The maximum Gasteiger partial charge on any atom is 0.257 e. The van der Waals surface area contributed by atoms with Gasteiger partial charge in [-0.3, -0.25) is 10.1 Å². The lowest BCUT2D eigenvalue weighted by molar-refractivity contribution is 0.0972. The van der Waals surface area contributed by atoms with Crippen molar-refractivity contribution in [2.75, 3.05) is 19.9 Å². The molecule has 2 N–H and O–H groups in total. The van der Waals surface area contributed by atoms with Crippen molar-refractivity contribution in [2.45, 2.75) is 18.9 Å². The molecule has 1 unspecified atom stereocenters. The van der Waals surface area contributed by atoms with Gasteiger partial charge in [-0.2, -0.15) is 0 Å². The summed E-state index contributed by atoms with van der Waals surface area (Å²) in [5, 5.41) is 5.94. The number of hydrogen-bond donors (Lipinski definition) is 2. The second kappa shape index (κ2) is 6.28. The van der Waals surface area contributed by atoms with Crippen LogP contribution in [0.2, 0.25) is 0 Å². The zero-order valence-electron chi connectivity index (χ0n) is 11.4. The zero-order chi connectivity index (χ0) is 14.7. The Bertz CT molecular complexity index is 558. The number of benzene rings is 1. The standard InChI is InChI=1S/C14H16N2O4S/c17-13(9-3-4-11-12(6-9)20-8-19-11)16-14(21)15-7-10-2-1-5-18-10/h3-4,6,10H,1-2,5,7-8H2,(H2,15,16,17,21). The van der Waals surface area contributed by atoms with Gasteiger partial charge in [-0.05, 0) is 43.3 Å². The van der Waals surface area contributed by atoms with Crippen molar-refractivity contribution >= 4 is 23.2 Å². The summed E-state index contributed by atoms with van der Waals surface area (Å²) in [6.45, 7) is 1.59. The van der Waals surface area contributed by atoms with Crippen LogP contribution in [0.3, 0.4) is 0 Å². The van der Waals surface area contributed by atoms with E-state index in [1.807, 2.05) is 0 Å². The van der Waals surface area contributed by atoms with E-state index in [-0.39, 0.29) is 18.8 Å². The zero-order valence-corrected chi connectivity index (χ0v) is 12.2. The lowest BCUT2D eigenvalue weighted by Crippen LogP contribution is -2.42. The first kappa shape index (κ1) is 14.1. The molecule has 0 saturated carbocycles. The summed E-state index contributed by atoms with van der Waals surface area (Å²) in [5.41, 5.74) is 0.473. The number of carbonyl (C=O) groups is 1. The highest BCUT2D eigenvalue weighted by Crippen LogP contribution is 2.32. The van der Waals surface area contributed by atoms with Crippen LogP contribution in [0.4, 0.5) is 0 Å². The molecule has 2 aliphatic heterocycles. The van der Waals surface area contributed by atoms with E-state index < -0.39 is 0 Å². The molecular weight excluding hydrogens is 292 g/mol. The first-order chi connectivity index (χ1) is 10.2. The predicted molar refractivity (Wildman–Crippen MR) is 79.6 cm³/mol. The number of carbonyl (C=O) groups excluding carboxylic acids is 1. The van der Waals surface area contributed by atoms with Gasteiger partial charge in [0.05, 0.1) is 6.10 Å². The molecule has 0 bridgehead atoms. The highest BCUT2D eigenvalue weighted by Gasteiger charge is 2.18. The van der Waals surface area contributed by atoms with Crippen LogP contribution in [0.1, 0.15) is 23.2 Å². The lowest BCUT2D eigenvalue weighted by atomic mass is 10.2. The molecule has 1 amide bonds. The van der Waals surface area contributed by atoms with Crippen LogP contribution in [-0.2, 0) is 4.74 Å². The molecule has 21 heavy (non-hydrogen) atoms. The fourth-order valence-corrected chi connectivity index (χ4v) is 2.45. The highest BCUT2D eigenvalue weighted by molar-refractivity contribution is 7.80. The third-order valence-corrected chi connectivity index (χ3v) is 3.62. The predicted octanol–water partition coefficient (Wildman–Crippen LogP) is 1.20. The molecule has 1 fully saturated rings. The number of fused-ring (bicyclic) bond motifs is 1. The van der Waals surface area contributed by atoms with Crippen molar-refractivity contribution in [2.24, 2.45) is 0 Å². The van der Waals surface area contributed by atoms with Crippen molar-refractivity contribution < 1.29 is 19.0 Å². The molecule has 7 heteroatoms. The minimum absolute atomic E-state index is 0.172. The average Bonchev–Trinajstić information content (AvgIpc) is 3.15. The Morgan fingerprint density at radius 2 is 2.19 bits per heavy atom. The summed E-state index contributed by atoms with van der Waals surface area (Å²) in [5.74, 6) is 0.935. The average molecular weight is 308 g/mol. The van der Waals surface area contributed by atoms with Crippen LogP contribution in [0, 0.1) is 0 Å². The molecule has 112 valence electrons. The molecular formula is C14H16N2O4S. The van der Waals surface area contributed by atoms with Crippen LogP contribution < -0.4 is 20.1 Å². The number of ether oxygens (including phenoxy) is 3. The second-order valence-corrected chi connectivity index (χ2v) is 5.28. The van der Waals surface area contributed by atoms with Crippen molar-refractivity contribution in [1.82, 2.24) is 10.6 Å². The maximum absolute atomic E-state index is 12.1. The molecule has 2 heterocycles. The normalized spacial score (nSPS) is 19.3.